The third kappa shape index (κ3) is 4.57. The Labute approximate surface area is 203 Å². The van der Waals surface area contributed by atoms with E-state index in [4.69, 9.17) is 5.41 Å². The average molecular weight is 468 g/mol. The van der Waals surface area contributed by atoms with Crippen LogP contribution in [0.2, 0.25) is 0 Å². The number of para-hydroxylation sites is 1. The van der Waals surface area contributed by atoms with Gasteiger partial charge in [0.2, 0.25) is 0 Å². The number of benzene rings is 3. The van der Waals surface area contributed by atoms with Gasteiger partial charge in [-0.2, -0.15) is 0 Å². The summed E-state index contributed by atoms with van der Waals surface area (Å²) in [6.07, 6.45) is 4.57. The number of nitrogens with one attached hydrogen (secondary N) is 2. The summed E-state index contributed by atoms with van der Waals surface area (Å²) in [4.78, 5) is 20.7. The molecule has 2 N–H and O–H groups in total. The predicted octanol–water partition coefficient (Wildman–Crippen LogP) is 5.77. The van der Waals surface area contributed by atoms with Gasteiger partial charge in [0, 0.05) is 30.7 Å². The summed E-state index contributed by atoms with van der Waals surface area (Å²) in [5.74, 6) is -0.107. The molecule has 176 valence electrons. The molecule has 0 amide bonds. The number of rotatable bonds is 6. The average Bonchev–Trinajstić information content (AvgIpc) is 2.90. The number of halogens is 1. The van der Waals surface area contributed by atoms with Gasteiger partial charge in [-0.05, 0) is 67.8 Å². The van der Waals surface area contributed by atoms with Crippen molar-refractivity contribution in [3.05, 3.63) is 101 Å². The number of nitrogens with zero attached hydrogens (tertiary/aromatic N) is 3. The van der Waals surface area contributed by atoms with Crippen LogP contribution in [0.4, 0.5) is 21.6 Å². The summed E-state index contributed by atoms with van der Waals surface area (Å²) in [7, 11) is 0. The fraction of sp³-hybridized carbons (Fsp3) is 0.179. The van der Waals surface area contributed by atoms with Gasteiger partial charge in [0.15, 0.2) is 5.82 Å². The first kappa shape index (κ1) is 22.5. The Morgan fingerprint density at radius 2 is 1.51 bits per heavy atom. The molecule has 2 heterocycles. The largest absolute Gasteiger partial charge is 0.372 e. The van der Waals surface area contributed by atoms with Crippen LogP contribution in [-0.2, 0) is 0 Å². The van der Waals surface area contributed by atoms with Crippen molar-refractivity contribution in [1.29, 1.82) is 5.41 Å². The van der Waals surface area contributed by atoms with E-state index < -0.39 is 11.4 Å². The number of hydrogen-bond donors (Lipinski definition) is 2. The van der Waals surface area contributed by atoms with Crippen molar-refractivity contribution in [3.63, 3.8) is 0 Å². The molecule has 0 radical (unpaired) electrons. The molecule has 6 nitrogen and oxygen atoms in total. The van der Waals surface area contributed by atoms with E-state index in [0.29, 0.717) is 11.4 Å². The van der Waals surface area contributed by atoms with E-state index in [1.807, 2.05) is 54.6 Å². The van der Waals surface area contributed by atoms with Gasteiger partial charge in [-0.1, -0.05) is 30.3 Å². The van der Waals surface area contributed by atoms with Crippen LogP contribution < -0.4 is 15.8 Å². The van der Waals surface area contributed by atoms with Crippen molar-refractivity contribution in [3.8, 4) is 17.1 Å². The van der Waals surface area contributed by atoms with Crippen LogP contribution in [0.3, 0.4) is 0 Å². The molecule has 1 saturated heterocycles. The van der Waals surface area contributed by atoms with Crippen LogP contribution in [0.1, 0.15) is 24.8 Å². The highest BCUT2D eigenvalue weighted by Crippen LogP contribution is 2.28. The zero-order valence-electron chi connectivity index (χ0n) is 19.2. The molecule has 1 aromatic heterocycles. The highest BCUT2D eigenvalue weighted by atomic mass is 19.1. The molecule has 0 aliphatic carbocycles. The minimum atomic E-state index is -0.480. The molecule has 0 atom stereocenters. The Hall–Kier alpha value is -4.26. The lowest BCUT2D eigenvalue weighted by molar-refractivity contribution is 0.578. The third-order valence-corrected chi connectivity index (χ3v) is 6.24. The van der Waals surface area contributed by atoms with E-state index in [1.165, 1.54) is 29.9 Å². The van der Waals surface area contributed by atoms with Crippen LogP contribution in [0.25, 0.3) is 17.1 Å². The Balaban J connectivity index is 1.66. The second kappa shape index (κ2) is 9.93. The zero-order chi connectivity index (χ0) is 24.2. The Kier molecular flexibility index (Phi) is 6.39. The van der Waals surface area contributed by atoms with Gasteiger partial charge in [0.05, 0.1) is 11.3 Å². The Bertz CT molecular complexity index is 1390. The minimum Gasteiger partial charge on any atom is -0.372 e. The van der Waals surface area contributed by atoms with E-state index in [0.717, 1.165) is 25.0 Å². The van der Waals surface area contributed by atoms with Crippen molar-refractivity contribution in [1.82, 2.24) is 9.55 Å². The maximum Gasteiger partial charge on any atom is 0.269 e. The summed E-state index contributed by atoms with van der Waals surface area (Å²) >= 11 is 0. The summed E-state index contributed by atoms with van der Waals surface area (Å²) in [6.45, 7) is 2.03. The summed E-state index contributed by atoms with van der Waals surface area (Å²) in [5.41, 5.74) is 2.22. The van der Waals surface area contributed by atoms with Crippen molar-refractivity contribution in [2.75, 3.05) is 23.3 Å². The van der Waals surface area contributed by atoms with Gasteiger partial charge in [0.25, 0.3) is 5.56 Å². The molecule has 0 spiro atoms. The van der Waals surface area contributed by atoms with Gasteiger partial charge >= 0.3 is 0 Å². The summed E-state index contributed by atoms with van der Waals surface area (Å²) < 4.78 is 16.3. The van der Waals surface area contributed by atoms with Gasteiger partial charge in [-0.15, -0.1) is 0 Å². The zero-order valence-corrected chi connectivity index (χ0v) is 19.2. The first-order valence-corrected chi connectivity index (χ1v) is 11.8. The second-order valence-corrected chi connectivity index (χ2v) is 8.52. The van der Waals surface area contributed by atoms with Crippen LogP contribution in [-0.4, -0.2) is 28.9 Å². The fourth-order valence-electron chi connectivity index (χ4n) is 4.45. The van der Waals surface area contributed by atoms with Crippen molar-refractivity contribution in [2.45, 2.75) is 19.3 Å². The fourth-order valence-corrected chi connectivity index (χ4v) is 4.45. The quantitative estimate of drug-likeness (QED) is 0.353. The topological polar surface area (TPSA) is 74.0 Å². The second-order valence-electron chi connectivity index (χ2n) is 8.52. The molecule has 35 heavy (non-hydrogen) atoms. The molecule has 3 aromatic carbocycles. The highest BCUT2D eigenvalue weighted by Gasteiger charge is 2.21. The lowest BCUT2D eigenvalue weighted by Gasteiger charge is -2.29. The first-order chi connectivity index (χ1) is 17.2. The van der Waals surface area contributed by atoms with Gasteiger partial charge in [-0.3, -0.25) is 9.36 Å². The Morgan fingerprint density at radius 1 is 0.857 bits per heavy atom. The number of aromatic nitrogens is 2. The lowest BCUT2D eigenvalue weighted by Crippen LogP contribution is -2.29. The number of piperidine rings is 1. The van der Waals surface area contributed by atoms with Crippen molar-refractivity contribution in [2.24, 2.45) is 0 Å². The molecule has 0 bridgehead atoms. The van der Waals surface area contributed by atoms with E-state index in [9.17, 15) is 9.18 Å². The summed E-state index contributed by atoms with van der Waals surface area (Å²) in [6, 6.07) is 23.2. The maximum absolute atomic E-state index is 14.9. The maximum atomic E-state index is 14.9. The van der Waals surface area contributed by atoms with Crippen molar-refractivity contribution < 1.29 is 4.39 Å². The smallest absolute Gasteiger partial charge is 0.269 e. The van der Waals surface area contributed by atoms with Crippen LogP contribution in [0.5, 0.6) is 0 Å². The van der Waals surface area contributed by atoms with E-state index in [-0.39, 0.29) is 22.8 Å². The SMILES string of the molecule is N=Cc1c(Nc2ccccc2)nc(-c2ccccc2F)n(-c2ccc(N3CCCCC3)cc2)c1=O. The predicted molar refractivity (Wildman–Crippen MR) is 139 cm³/mol. The normalized spacial score (nSPS) is 13.5. The Morgan fingerprint density at radius 3 is 2.20 bits per heavy atom. The highest BCUT2D eigenvalue weighted by molar-refractivity contribution is 5.86. The monoisotopic (exact) mass is 467 g/mol. The lowest BCUT2D eigenvalue weighted by atomic mass is 10.1. The molecule has 7 heteroatoms. The first-order valence-electron chi connectivity index (χ1n) is 11.8. The van der Waals surface area contributed by atoms with Gasteiger partial charge < -0.3 is 15.6 Å². The molecule has 1 aliphatic heterocycles. The molecular formula is C28H26FN5O. The van der Waals surface area contributed by atoms with Gasteiger partial charge in [-0.25, -0.2) is 9.37 Å². The van der Waals surface area contributed by atoms with Crippen molar-refractivity contribution >= 4 is 23.4 Å². The van der Waals surface area contributed by atoms with Crippen LogP contribution in [0.15, 0.2) is 83.7 Å². The van der Waals surface area contributed by atoms with E-state index >= 15 is 0 Å². The minimum absolute atomic E-state index is 0.0917. The standard InChI is InChI=1S/C28H26FN5O/c29-25-12-6-5-11-23(25)27-32-26(31-20-9-3-1-4-10-20)24(19-30)28(35)34(27)22-15-13-21(14-16-22)33-17-7-2-8-18-33/h1,3-6,9-16,19,30-31H,2,7-8,17-18H2. The molecular weight excluding hydrogens is 441 g/mol. The van der Waals surface area contributed by atoms with E-state index in [1.54, 1.807) is 18.2 Å². The number of anilines is 3. The van der Waals surface area contributed by atoms with E-state index in [2.05, 4.69) is 15.2 Å². The number of hydrogen-bond acceptors (Lipinski definition) is 5. The van der Waals surface area contributed by atoms with Crippen LogP contribution in [0, 0.1) is 11.2 Å². The van der Waals surface area contributed by atoms with Crippen LogP contribution >= 0.6 is 0 Å². The van der Waals surface area contributed by atoms with Gasteiger partial charge in [0.1, 0.15) is 17.2 Å². The molecule has 1 fully saturated rings. The molecule has 5 rings (SSSR count). The molecule has 1 aliphatic rings. The molecule has 0 unspecified atom stereocenters. The molecule has 4 aromatic rings. The third-order valence-electron chi connectivity index (χ3n) is 6.24. The molecule has 0 saturated carbocycles. The summed E-state index contributed by atoms with van der Waals surface area (Å²) in [5, 5.41) is 11.1.